The highest BCUT2D eigenvalue weighted by Gasteiger charge is 2.40. The van der Waals surface area contributed by atoms with Crippen LogP contribution in [0.5, 0.6) is 0 Å². The molecule has 2 unspecified atom stereocenters. The van der Waals surface area contributed by atoms with Crippen molar-refractivity contribution in [3.8, 4) is 0 Å². The molecule has 128 valence electrons. The number of hydrogen-bond acceptors (Lipinski definition) is 5. The zero-order valence-corrected chi connectivity index (χ0v) is 14.4. The molecule has 7 nitrogen and oxygen atoms in total. The van der Waals surface area contributed by atoms with E-state index in [0.717, 1.165) is 50.3 Å². The first kappa shape index (κ1) is 15.4. The Morgan fingerprint density at radius 1 is 1.25 bits per heavy atom. The Morgan fingerprint density at radius 3 is 2.88 bits per heavy atom. The van der Waals surface area contributed by atoms with Crippen molar-refractivity contribution >= 4 is 17.5 Å². The summed E-state index contributed by atoms with van der Waals surface area (Å²) in [5.74, 6) is 1.97. The number of amides is 1. The second kappa shape index (κ2) is 6.03. The Kier molecular flexibility index (Phi) is 3.86. The van der Waals surface area contributed by atoms with Gasteiger partial charge in [0.15, 0.2) is 0 Å². The lowest BCUT2D eigenvalue weighted by atomic mass is 10.0. The Bertz CT molecular complexity index is 757. The van der Waals surface area contributed by atoms with Crippen LogP contribution in [0.1, 0.15) is 44.7 Å². The van der Waals surface area contributed by atoms with E-state index in [0.29, 0.717) is 24.3 Å². The fourth-order valence-corrected chi connectivity index (χ4v) is 4.30. The molecule has 24 heavy (non-hydrogen) atoms. The first-order valence-corrected chi connectivity index (χ1v) is 8.92. The van der Waals surface area contributed by atoms with Crippen molar-refractivity contribution in [2.75, 3.05) is 18.0 Å². The van der Waals surface area contributed by atoms with Gasteiger partial charge in [0.25, 0.3) is 5.78 Å². The molecule has 7 heteroatoms. The molecular weight excluding hydrogens is 304 g/mol. The zero-order valence-electron chi connectivity index (χ0n) is 14.4. The van der Waals surface area contributed by atoms with Gasteiger partial charge in [-0.3, -0.25) is 4.79 Å². The van der Waals surface area contributed by atoms with Crippen LogP contribution in [0, 0.1) is 6.92 Å². The number of carbonyl (C=O) groups excluding carboxylic acids is 1. The average molecular weight is 328 g/mol. The normalized spacial score (nSPS) is 24.2. The molecular formula is C17H24N6O. The van der Waals surface area contributed by atoms with Crippen LogP contribution in [0.25, 0.3) is 5.78 Å². The SMILES string of the molecule is CCC(=O)N1CCCC1C1CCCN1c1cc(C)nc2ncnn12. The maximum atomic E-state index is 12.3. The van der Waals surface area contributed by atoms with Gasteiger partial charge in [0, 0.05) is 31.3 Å². The number of aromatic nitrogens is 4. The molecule has 0 saturated carbocycles. The highest BCUT2D eigenvalue weighted by molar-refractivity contribution is 5.76. The van der Waals surface area contributed by atoms with Gasteiger partial charge in [-0.1, -0.05) is 6.92 Å². The van der Waals surface area contributed by atoms with E-state index in [2.05, 4.69) is 30.9 Å². The molecule has 2 aliphatic rings. The van der Waals surface area contributed by atoms with Gasteiger partial charge in [0.05, 0.1) is 12.1 Å². The van der Waals surface area contributed by atoms with Gasteiger partial charge in [-0.15, -0.1) is 0 Å². The summed E-state index contributed by atoms with van der Waals surface area (Å²) in [6.45, 7) is 5.84. The first-order chi connectivity index (χ1) is 11.7. The summed E-state index contributed by atoms with van der Waals surface area (Å²) >= 11 is 0. The van der Waals surface area contributed by atoms with Crippen LogP contribution in [-0.4, -0.2) is 55.6 Å². The van der Waals surface area contributed by atoms with Crippen LogP contribution in [0.15, 0.2) is 12.4 Å². The standard InChI is InChI=1S/C17H24N6O/c1-3-16(24)22-9-5-7-14(22)13-6-4-8-21(13)15-10-12(2)20-17-18-11-19-23(15)17/h10-11,13-14H,3-9H2,1-2H3. The number of nitrogens with zero attached hydrogens (tertiary/aromatic N) is 6. The van der Waals surface area contributed by atoms with Gasteiger partial charge in [0.2, 0.25) is 5.91 Å². The molecule has 2 aromatic rings. The summed E-state index contributed by atoms with van der Waals surface area (Å²) in [6.07, 6.45) is 6.61. The Labute approximate surface area is 141 Å². The van der Waals surface area contributed by atoms with Crippen LogP contribution in [0.2, 0.25) is 0 Å². The van der Waals surface area contributed by atoms with Crippen molar-refractivity contribution in [3.63, 3.8) is 0 Å². The van der Waals surface area contributed by atoms with Crippen LogP contribution in [0.4, 0.5) is 5.82 Å². The Morgan fingerprint density at radius 2 is 2.04 bits per heavy atom. The summed E-state index contributed by atoms with van der Waals surface area (Å²) in [7, 11) is 0. The summed E-state index contributed by atoms with van der Waals surface area (Å²) in [6, 6.07) is 2.75. The lowest BCUT2D eigenvalue weighted by molar-refractivity contribution is -0.132. The van der Waals surface area contributed by atoms with Gasteiger partial charge >= 0.3 is 0 Å². The lowest BCUT2D eigenvalue weighted by Crippen LogP contribution is -2.48. The van der Waals surface area contributed by atoms with Crippen LogP contribution in [0.3, 0.4) is 0 Å². The number of hydrogen-bond donors (Lipinski definition) is 0. The van der Waals surface area contributed by atoms with E-state index in [1.807, 2.05) is 18.4 Å². The Balaban J connectivity index is 1.69. The molecule has 2 atom stereocenters. The number of anilines is 1. The molecule has 0 spiro atoms. The predicted octanol–water partition coefficient (Wildman–Crippen LogP) is 1.80. The summed E-state index contributed by atoms with van der Waals surface area (Å²) in [5.41, 5.74) is 0.948. The fraction of sp³-hybridized carbons (Fsp3) is 0.647. The highest BCUT2D eigenvalue weighted by Crippen LogP contribution is 2.33. The molecule has 2 aromatic heterocycles. The van der Waals surface area contributed by atoms with Gasteiger partial charge in [-0.25, -0.2) is 4.98 Å². The van der Waals surface area contributed by atoms with Gasteiger partial charge in [0.1, 0.15) is 12.1 Å². The van der Waals surface area contributed by atoms with Crippen molar-refractivity contribution in [2.24, 2.45) is 0 Å². The molecule has 1 amide bonds. The molecule has 2 fully saturated rings. The number of carbonyl (C=O) groups is 1. The minimum absolute atomic E-state index is 0.279. The minimum Gasteiger partial charge on any atom is -0.351 e. The summed E-state index contributed by atoms with van der Waals surface area (Å²) in [4.78, 5) is 25.5. The topological polar surface area (TPSA) is 66.6 Å². The molecule has 4 heterocycles. The Hall–Kier alpha value is -2.18. The second-order valence-corrected chi connectivity index (χ2v) is 6.78. The quantitative estimate of drug-likeness (QED) is 0.859. The van der Waals surface area contributed by atoms with Gasteiger partial charge < -0.3 is 9.80 Å². The van der Waals surface area contributed by atoms with E-state index in [1.165, 1.54) is 0 Å². The molecule has 2 saturated heterocycles. The molecule has 0 N–H and O–H groups in total. The molecule has 0 bridgehead atoms. The van der Waals surface area contributed by atoms with Crippen molar-refractivity contribution in [1.29, 1.82) is 0 Å². The van der Waals surface area contributed by atoms with Crippen LogP contribution >= 0.6 is 0 Å². The fourth-order valence-electron chi connectivity index (χ4n) is 4.30. The maximum absolute atomic E-state index is 12.3. The molecule has 4 rings (SSSR count). The minimum atomic E-state index is 0.279. The third-order valence-electron chi connectivity index (χ3n) is 5.32. The van der Waals surface area contributed by atoms with E-state index in [1.54, 1.807) is 6.33 Å². The third-order valence-corrected chi connectivity index (χ3v) is 5.32. The largest absolute Gasteiger partial charge is 0.351 e. The predicted molar refractivity (Wildman–Crippen MR) is 90.9 cm³/mol. The number of rotatable bonds is 3. The van der Waals surface area contributed by atoms with Crippen molar-refractivity contribution < 1.29 is 4.79 Å². The molecule has 0 radical (unpaired) electrons. The van der Waals surface area contributed by atoms with E-state index in [-0.39, 0.29) is 5.91 Å². The monoisotopic (exact) mass is 328 g/mol. The smallest absolute Gasteiger partial charge is 0.254 e. The maximum Gasteiger partial charge on any atom is 0.254 e. The van der Waals surface area contributed by atoms with Crippen molar-refractivity contribution in [1.82, 2.24) is 24.5 Å². The molecule has 0 aliphatic carbocycles. The van der Waals surface area contributed by atoms with Gasteiger partial charge in [-0.2, -0.15) is 14.6 Å². The zero-order chi connectivity index (χ0) is 16.7. The van der Waals surface area contributed by atoms with Crippen LogP contribution < -0.4 is 4.90 Å². The van der Waals surface area contributed by atoms with Crippen molar-refractivity contribution in [3.05, 3.63) is 18.1 Å². The third kappa shape index (κ3) is 2.42. The van der Waals surface area contributed by atoms with Crippen LogP contribution in [-0.2, 0) is 4.79 Å². The number of likely N-dealkylation sites (tertiary alicyclic amines) is 1. The van der Waals surface area contributed by atoms with E-state index in [9.17, 15) is 4.79 Å². The summed E-state index contributed by atoms with van der Waals surface area (Å²) < 4.78 is 1.83. The number of aryl methyl sites for hydroxylation is 1. The first-order valence-electron chi connectivity index (χ1n) is 8.92. The average Bonchev–Trinajstić information content (AvgIpc) is 3.31. The van der Waals surface area contributed by atoms with E-state index < -0.39 is 0 Å². The lowest BCUT2D eigenvalue weighted by Gasteiger charge is -2.36. The van der Waals surface area contributed by atoms with E-state index >= 15 is 0 Å². The van der Waals surface area contributed by atoms with Crippen molar-refractivity contribution in [2.45, 2.75) is 58.0 Å². The van der Waals surface area contributed by atoms with E-state index in [4.69, 9.17) is 0 Å². The number of fused-ring (bicyclic) bond motifs is 1. The van der Waals surface area contributed by atoms with Gasteiger partial charge in [-0.05, 0) is 32.6 Å². The molecule has 0 aromatic carbocycles. The second-order valence-electron chi connectivity index (χ2n) is 6.78. The molecule has 2 aliphatic heterocycles. The summed E-state index contributed by atoms with van der Waals surface area (Å²) in [5, 5.41) is 4.36. The highest BCUT2D eigenvalue weighted by atomic mass is 16.2.